The maximum atomic E-state index is 9.45. The van der Waals surface area contributed by atoms with Gasteiger partial charge in [-0.05, 0) is 24.1 Å². The summed E-state index contributed by atoms with van der Waals surface area (Å²) in [7, 11) is 0. The molecule has 4 nitrogen and oxygen atoms in total. The standard InChI is InChI=1S/C14H13BrN4/c15-11-4-2-10(3-5-11)14-12(8-16)13(9-17)18-6-1-7-19(14)18/h2-5,12-14H,1,6-7H2/t12-,13-,14-/m0/s1. The van der Waals surface area contributed by atoms with Gasteiger partial charge in [0.25, 0.3) is 0 Å². The third kappa shape index (κ3) is 1.95. The highest BCUT2D eigenvalue weighted by molar-refractivity contribution is 9.10. The molecule has 3 rings (SSSR count). The van der Waals surface area contributed by atoms with E-state index in [9.17, 15) is 10.5 Å². The highest BCUT2D eigenvalue weighted by Gasteiger charge is 2.50. The molecule has 2 aliphatic heterocycles. The molecule has 0 bridgehead atoms. The van der Waals surface area contributed by atoms with Gasteiger partial charge in [0.15, 0.2) is 0 Å². The average molecular weight is 317 g/mol. The van der Waals surface area contributed by atoms with E-state index >= 15 is 0 Å². The molecule has 0 unspecified atom stereocenters. The van der Waals surface area contributed by atoms with Crippen molar-refractivity contribution in [1.29, 1.82) is 10.5 Å². The maximum Gasteiger partial charge on any atom is 0.129 e. The third-order valence-corrected chi connectivity index (χ3v) is 4.45. The van der Waals surface area contributed by atoms with Crippen LogP contribution in [0.5, 0.6) is 0 Å². The van der Waals surface area contributed by atoms with Gasteiger partial charge >= 0.3 is 0 Å². The fraction of sp³-hybridized carbons (Fsp3) is 0.429. The number of nitrogens with zero attached hydrogens (tertiary/aromatic N) is 4. The molecule has 2 fully saturated rings. The van der Waals surface area contributed by atoms with E-state index in [0.29, 0.717) is 0 Å². The first-order valence-corrected chi connectivity index (χ1v) is 7.13. The van der Waals surface area contributed by atoms with E-state index in [0.717, 1.165) is 29.5 Å². The van der Waals surface area contributed by atoms with Crippen LogP contribution in [0.25, 0.3) is 0 Å². The van der Waals surface area contributed by atoms with Crippen molar-refractivity contribution in [3.8, 4) is 12.1 Å². The van der Waals surface area contributed by atoms with Gasteiger partial charge in [0.1, 0.15) is 6.04 Å². The van der Waals surface area contributed by atoms with Crippen LogP contribution in [0.1, 0.15) is 18.0 Å². The van der Waals surface area contributed by atoms with Gasteiger partial charge < -0.3 is 0 Å². The van der Waals surface area contributed by atoms with Crippen molar-refractivity contribution in [2.75, 3.05) is 13.1 Å². The molecule has 0 N–H and O–H groups in total. The van der Waals surface area contributed by atoms with Gasteiger partial charge in [0, 0.05) is 17.6 Å². The van der Waals surface area contributed by atoms with E-state index in [2.05, 4.69) is 38.1 Å². The second-order valence-electron chi connectivity index (χ2n) is 4.90. The zero-order valence-corrected chi connectivity index (χ0v) is 11.9. The van der Waals surface area contributed by atoms with Gasteiger partial charge in [-0.15, -0.1) is 0 Å². The van der Waals surface area contributed by atoms with Gasteiger partial charge in [0.05, 0.1) is 24.1 Å². The number of hydrogen-bond acceptors (Lipinski definition) is 4. The van der Waals surface area contributed by atoms with Crippen LogP contribution in [-0.4, -0.2) is 29.1 Å². The summed E-state index contributed by atoms with van der Waals surface area (Å²) in [5.41, 5.74) is 1.11. The van der Waals surface area contributed by atoms with Gasteiger partial charge in [-0.25, -0.2) is 10.0 Å². The lowest BCUT2D eigenvalue weighted by Crippen LogP contribution is -2.35. The van der Waals surface area contributed by atoms with Crippen molar-refractivity contribution >= 4 is 15.9 Å². The molecule has 3 atom stereocenters. The van der Waals surface area contributed by atoms with Crippen LogP contribution in [0.2, 0.25) is 0 Å². The van der Waals surface area contributed by atoms with Crippen molar-refractivity contribution < 1.29 is 0 Å². The van der Waals surface area contributed by atoms with Crippen LogP contribution in [0, 0.1) is 28.6 Å². The second-order valence-corrected chi connectivity index (χ2v) is 5.82. The average Bonchev–Trinajstić information content (AvgIpc) is 2.98. The molecule has 2 heterocycles. The molecule has 1 aromatic rings. The van der Waals surface area contributed by atoms with E-state index in [1.165, 1.54) is 0 Å². The Labute approximate surface area is 120 Å². The molecule has 5 heteroatoms. The van der Waals surface area contributed by atoms with Crippen molar-refractivity contribution in [3.05, 3.63) is 34.3 Å². The molecule has 0 aliphatic carbocycles. The van der Waals surface area contributed by atoms with Gasteiger partial charge in [-0.1, -0.05) is 28.1 Å². The maximum absolute atomic E-state index is 9.45. The molecule has 96 valence electrons. The summed E-state index contributed by atoms with van der Waals surface area (Å²) in [6, 6.07) is 12.4. The second kappa shape index (κ2) is 4.94. The Morgan fingerprint density at radius 1 is 1.05 bits per heavy atom. The van der Waals surface area contributed by atoms with E-state index < -0.39 is 0 Å². The Kier molecular flexibility index (Phi) is 3.28. The van der Waals surface area contributed by atoms with Gasteiger partial charge in [-0.3, -0.25) is 0 Å². The minimum Gasteiger partial charge on any atom is -0.232 e. The number of halogens is 1. The number of rotatable bonds is 1. The van der Waals surface area contributed by atoms with E-state index in [1.807, 2.05) is 24.3 Å². The van der Waals surface area contributed by atoms with E-state index in [-0.39, 0.29) is 18.0 Å². The molecular formula is C14H13BrN4. The predicted octanol–water partition coefficient (Wildman–Crippen LogP) is 2.46. The lowest BCUT2D eigenvalue weighted by molar-refractivity contribution is 0.0383. The normalized spacial score (nSPS) is 30.8. The Bertz CT molecular complexity index is 556. The van der Waals surface area contributed by atoms with Crippen LogP contribution < -0.4 is 0 Å². The van der Waals surface area contributed by atoms with Crippen molar-refractivity contribution in [2.45, 2.75) is 18.5 Å². The van der Waals surface area contributed by atoms with Gasteiger partial charge in [-0.2, -0.15) is 10.5 Å². The monoisotopic (exact) mass is 316 g/mol. The fourth-order valence-electron chi connectivity index (χ4n) is 3.12. The molecule has 2 saturated heterocycles. The zero-order chi connectivity index (χ0) is 13.4. The highest BCUT2D eigenvalue weighted by Crippen LogP contribution is 2.43. The molecule has 0 amide bonds. The number of hydrogen-bond donors (Lipinski definition) is 0. The Morgan fingerprint density at radius 2 is 1.74 bits per heavy atom. The summed E-state index contributed by atoms with van der Waals surface area (Å²) < 4.78 is 1.03. The molecule has 2 aliphatic rings. The summed E-state index contributed by atoms with van der Waals surface area (Å²) in [4.78, 5) is 0. The first-order valence-electron chi connectivity index (χ1n) is 6.34. The quantitative estimate of drug-likeness (QED) is 0.798. The molecular weight excluding hydrogens is 304 g/mol. The molecule has 0 spiro atoms. The summed E-state index contributed by atoms with van der Waals surface area (Å²) in [6.45, 7) is 1.81. The van der Waals surface area contributed by atoms with Crippen LogP contribution in [-0.2, 0) is 0 Å². The molecule has 0 aromatic heterocycles. The smallest absolute Gasteiger partial charge is 0.129 e. The first kappa shape index (κ1) is 12.6. The number of benzene rings is 1. The summed E-state index contributed by atoms with van der Waals surface area (Å²) in [5, 5.41) is 23.1. The fourth-order valence-corrected chi connectivity index (χ4v) is 3.38. The topological polar surface area (TPSA) is 54.1 Å². The first-order chi connectivity index (χ1) is 9.26. The summed E-state index contributed by atoms with van der Waals surface area (Å²) in [6.07, 6.45) is 1.06. The minimum absolute atomic E-state index is 0.00486. The Balaban J connectivity index is 2.01. The minimum atomic E-state index is -0.318. The highest BCUT2D eigenvalue weighted by atomic mass is 79.9. The summed E-state index contributed by atoms with van der Waals surface area (Å²) in [5.74, 6) is -0.286. The van der Waals surface area contributed by atoms with Crippen LogP contribution in [0.4, 0.5) is 0 Å². The molecule has 0 radical (unpaired) electrons. The predicted molar refractivity (Wildman–Crippen MR) is 73.4 cm³/mol. The van der Waals surface area contributed by atoms with Crippen LogP contribution in [0.3, 0.4) is 0 Å². The largest absolute Gasteiger partial charge is 0.232 e. The van der Waals surface area contributed by atoms with E-state index in [1.54, 1.807) is 0 Å². The Morgan fingerprint density at radius 3 is 2.37 bits per heavy atom. The Hall–Kier alpha value is -1.40. The number of hydrazine groups is 1. The molecule has 0 saturated carbocycles. The zero-order valence-electron chi connectivity index (χ0n) is 10.3. The van der Waals surface area contributed by atoms with Crippen molar-refractivity contribution in [3.63, 3.8) is 0 Å². The van der Waals surface area contributed by atoms with Gasteiger partial charge in [0.2, 0.25) is 0 Å². The van der Waals surface area contributed by atoms with E-state index in [4.69, 9.17) is 0 Å². The van der Waals surface area contributed by atoms with Crippen LogP contribution in [0.15, 0.2) is 28.7 Å². The molecule has 1 aromatic carbocycles. The SMILES string of the molecule is N#C[C@H]1[C@H](C#N)N2CCCN2[C@H]1c1ccc(Br)cc1. The van der Waals surface area contributed by atoms with Crippen LogP contribution >= 0.6 is 15.9 Å². The number of nitriles is 2. The lowest BCUT2D eigenvalue weighted by atomic mass is 9.90. The third-order valence-electron chi connectivity index (χ3n) is 3.92. The lowest BCUT2D eigenvalue weighted by Gasteiger charge is -2.25. The molecule has 19 heavy (non-hydrogen) atoms. The number of fused-ring (bicyclic) bond motifs is 1. The summed E-state index contributed by atoms with van der Waals surface area (Å²) >= 11 is 3.43. The van der Waals surface area contributed by atoms with Crippen molar-refractivity contribution in [1.82, 2.24) is 10.0 Å². The van der Waals surface area contributed by atoms with Crippen molar-refractivity contribution in [2.24, 2.45) is 5.92 Å².